The van der Waals surface area contributed by atoms with Crippen molar-refractivity contribution in [2.75, 3.05) is 55.9 Å². The maximum absolute atomic E-state index is 15.3. The molecular formula is C63H119N11O14. The van der Waals surface area contributed by atoms with E-state index in [1.807, 2.05) is 62.3 Å². The van der Waals surface area contributed by atoms with Gasteiger partial charge in [-0.25, -0.2) is 0 Å². The molecule has 13 atom stereocenters. The van der Waals surface area contributed by atoms with Crippen LogP contribution in [0, 0.1) is 41.4 Å². The van der Waals surface area contributed by atoms with Crippen molar-refractivity contribution in [2.45, 2.75) is 229 Å². The van der Waals surface area contributed by atoms with E-state index in [9.17, 15) is 43.2 Å². The van der Waals surface area contributed by atoms with Crippen LogP contribution >= 0.6 is 0 Å². The van der Waals surface area contributed by atoms with Gasteiger partial charge in [-0.2, -0.15) is 0 Å². The first-order valence-corrected chi connectivity index (χ1v) is 31.3. The molecule has 0 saturated carbocycles. The number of likely N-dealkylation sites (N-methyl/N-ethyl adjacent to an activating group) is 7. The highest BCUT2D eigenvalue weighted by Gasteiger charge is 2.47. The lowest BCUT2D eigenvalue weighted by Crippen LogP contribution is -2.64. The summed E-state index contributed by atoms with van der Waals surface area (Å²) in [4.78, 5) is 194. The summed E-state index contributed by atoms with van der Waals surface area (Å²) in [5, 5.41) is 11.0. The molecule has 1 fully saturated rings. The molecule has 1 rings (SSSR count). The minimum atomic E-state index is -1.73. The fraction of sp³-hybridized carbons (Fsp3) is 0.794. The molecule has 0 aromatic carbocycles. The van der Waals surface area contributed by atoms with Gasteiger partial charge in [0.05, 0.1) is 6.54 Å². The molecule has 4 N–H and O–H groups in total. The maximum atomic E-state index is 15.3. The summed E-state index contributed by atoms with van der Waals surface area (Å²) in [6, 6.07) is -12.8. The minimum absolute atomic E-state index is 0. The summed E-state index contributed by atoms with van der Waals surface area (Å²) in [5.41, 5.74) is 0. The number of aldehydes is 1. The number of rotatable bonds is 17. The molecule has 0 aliphatic carbocycles. The van der Waals surface area contributed by atoms with Crippen LogP contribution in [0.4, 0.5) is 0 Å². The third-order valence-electron chi connectivity index (χ3n) is 16.6. The summed E-state index contributed by atoms with van der Waals surface area (Å²) in [6.45, 7) is 28.3. The molecule has 25 nitrogen and oxygen atoms in total. The smallest absolute Gasteiger partial charge is 0.303 e. The van der Waals surface area contributed by atoms with E-state index < -0.39 is 162 Å². The number of nitrogens with zero attached hydrogens (tertiary/aromatic N) is 7. The van der Waals surface area contributed by atoms with Gasteiger partial charge < -0.3 is 65.1 Å². The van der Waals surface area contributed by atoms with E-state index in [4.69, 9.17) is 4.74 Å². The van der Waals surface area contributed by atoms with Gasteiger partial charge in [0.15, 0.2) is 0 Å². The highest BCUT2D eigenvalue weighted by atomic mass is 16.5. The van der Waals surface area contributed by atoms with Gasteiger partial charge in [-0.05, 0) is 81.5 Å². The number of esters is 1. The number of hydrogen-bond donors (Lipinski definition) is 4. The molecule has 510 valence electrons. The monoisotopic (exact) mass is 1250 g/mol. The Morgan fingerprint density at radius 2 is 0.932 bits per heavy atom. The molecule has 0 radical (unpaired) electrons. The van der Waals surface area contributed by atoms with Crippen molar-refractivity contribution in [3.05, 3.63) is 0 Å². The molecule has 1 aliphatic rings. The van der Waals surface area contributed by atoms with E-state index in [0.29, 0.717) is 12.7 Å². The number of carbonyl (C=O) groups is 13. The fourth-order valence-corrected chi connectivity index (χ4v) is 11.0. The summed E-state index contributed by atoms with van der Waals surface area (Å²) >= 11 is 0. The Morgan fingerprint density at radius 3 is 1.38 bits per heavy atom. The van der Waals surface area contributed by atoms with Crippen molar-refractivity contribution in [3.8, 4) is 0 Å². The predicted octanol–water partition coefficient (Wildman–Crippen LogP) is 3.84. The van der Waals surface area contributed by atoms with Crippen molar-refractivity contribution in [2.24, 2.45) is 41.4 Å². The molecule has 1 heterocycles. The number of amides is 11. The molecule has 1 aliphatic heterocycles. The normalized spacial score (nSPS) is 26.5. The van der Waals surface area contributed by atoms with Crippen LogP contribution in [-0.4, -0.2) is 234 Å². The third-order valence-corrected chi connectivity index (χ3v) is 16.6. The second kappa shape index (κ2) is 36.1. The van der Waals surface area contributed by atoms with Gasteiger partial charge in [0.25, 0.3) is 0 Å². The van der Waals surface area contributed by atoms with Crippen LogP contribution in [-0.2, 0) is 67.1 Å². The lowest BCUT2D eigenvalue weighted by atomic mass is 9.91. The Kier molecular flexibility index (Phi) is 32.5. The highest BCUT2D eigenvalue weighted by Crippen LogP contribution is 2.27. The number of nitrogens with one attached hydrogen (secondary N) is 4. The number of carbonyl (C=O) groups excluding carboxylic acids is 13. The van der Waals surface area contributed by atoms with Crippen molar-refractivity contribution in [1.29, 1.82) is 0 Å². The van der Waals surface area contributed by atoms with Crippen molar-refractivity contribution in [1.82, 2.24) is 55.6 Å². The lowest BCUT2D eigenvalue weighted by Gasteiger charge is -2.42. The first kappa shape index (κ1) is 79.3. The van der Waals surface area contributed by atoms with Gasteiger partial charge in [-0.15, -0.1) is 0 Å². The van der Waals surface area contributed by atoms with E-state index in [-0.39, 0.29) is 67.9 Å². The van der Waals surface area contributed by atoms with Crippen LogP contribution in [0.5, 0.6) is 0 Å². The lowest BCUT2D eigenvalue weighted by molar-refractivity contribution is -0.164. The first-order valence-electron chi connectivity index (χ1n) is 31.3. The van der Waals surface area contributed by atoms with Gasteiger partial charge >= 0.3 is 5.97 Å². The second-order valence-electron chi connectivity index (χ2n) is 26.4. The Bertz CT molecular complexity index is 2460. The predicted molar refractivity (Wildman–Crippen MR) is 342 cm³/mol. The van der Waals surface area contributed by atoms with Gasteiger partial charge in [0.1, 0.15) is 72.8 Å². The molecule has 1 saturated heterocycles. The van der Waals surface area contributed by atoms with Gasteiger partial charge in [0, 0.05) is 74.3 Å². The summed E-state index contributed by atoms with van der Waals surface area (Å²) in [7, 11) is 9.69. The molecule has 11 amide bonds. The van der Waals surface area contributed by atoms with Gasteiger partial charge in [-0.3, -0.25) is 57.5 Å². The van der Waals surface area contributed by atoms with E-state index in [1.165, 1.54) is 87.7 Å². The first-order chi connectivity index (χ1) is 40.6. The van der Waals surface area contributed by atoms with Crippen LogP contribution in [0.2, 0.25) is 0 Å². The zero-order valence-electron chi connectivity index (χ0n) is 57.5. The molecule has 88 heavy (non-hydrogen) atoms. The van der Waals surface area contributed by atoms with Crippen molar-refractivity contribution < 1.29 is 72.8 Å². The standard InChI is InChI=1S/C63H111N11O14.4H2/c1-25-39(13)50-62(86)70(20)46(30-35(5)6)55(79)64-41(15)54(78)65-42(16)58(82)71(21)47(31-36(7)8)60(84)72(22)48(32-37(9)10)61(85)73(23)51(38(11)12)63(87)74(24)52(53(88-43(17)76)40(14)27-28-75)57(81)66-44(26-2)59(83)68(18)33-49(77)69(19)45(29-34(3)4)56(80)67-50;;;;/h28,34-42,44-48,50-53H,25-27,29-33H2,1-24H3,(H,64,79)(H,65,78)(H,66,81)(H,67,80);4*1H/t39?,40-,41+,42-,44+,45+,46+,47+,48+,50+,51+,52?,53-;;;;/m1..../s1. The van der Waals surface area contributed by atoms with Gasteiger partial charge in [-0.1, -0.05) is 103 Å². The largest absolute Gasteiger partial charge is 0.459 e. The number of ether oxygens (including phenoxy) is 1. The molecule has 2 unspecified atom stereocenters. The van der Waals surface area contributed by atoms with Crippen molar-refractivity contribution >= 4 is 77.2 Å². The topological polar surface area (TPSA) is 302 Å². The molecule has 0 aromatic rings. The molecular weight excluding hydrogens is 1130 g/mol. The number of hydrogen-bond acceptors (Lipinski definition) is 14. The van der Waals surface area contributed by atoms with Crippen LogP contribution in [0.25, 0.3) is 0 Å². The average molecular weight is 1250 g/mol. The Labute approximate surface area is 530 Å². The van der Waals surface area contributed by atoms with E-state index in [1.54, 1.807) is 34.6 Å². The zero-order chi connectivity index (χ0) is 68.3. The van der Waals surface area contributed by atoms with E-state index in [0.717, 1.165) is 16.7 Å². The third kappa shape index (κ3) is 22.1. The second-order valence-corrected chi connectivity index (χ2v) is 26.4. The average Bonchev–Trinajstić information content (AvgIpc) is 1.81. The highest BCUT2D eigenvalue weighted by molar-refractivity contribution is 5.99. The molecule has 0 aromatic heterocycles. The fourth-order valence-electron chi connectivity index (χ4n) is 11.0. The summed E-state index contributed by atoms with van der Waals surface area (Å²) in [6.07, 6.45) is -0.293. The molecule has 0 spiro atoms. The van der Waals surface area contributed by atoms with E-state index in [2.05, 4.69) is 21.3 Å². The minimum Gasteiger partial charge on any atom is -0.459 e. The Balaban J connectivity index is -0.00000968. The van der Waals surface area contributed by atoms with Gasteiger partial charge in [0.2, 0.25) is 65.0 Å². The van der Waals surface area contributed by atoms with Crippen LogP contribution in [0.1, 0.15) is 168 Å². The molecule has 25 heteroatoms. The van der Waals surface area contributed by atoms with E-state index >= 15 is 19.2 Å². The summed E-state index contributed by atoms with van der Waals surface area (Å²) < 4.78 is 5.77. The van der Waals surface area contributed by atoms with Crippen LogP contribution < -0.4 is 21.3 Å². The quantitative estimate of drug-likeness (QED) is 0.119. The van der Waals surface area contributed by atoms with Crippen LogP contribution in [0.15, 0.2) is 0 Å². The van der Waals surface area contributed by atoms with Crippen molar-refractivity contribution in [3.63, 3.8) is 0 Å². The summed E-state index contributed by atoms with van der Waals surface area (Å²) in [5.74, 6) is -11.5. The Hall–Kier alpha value is -6.69. The maximum Gasteiger partial charge on any atom is 0.303 e. The Morgan fingerprint density at radius 1 is 0.511 bits per heavy atom. The zero-order valence-corrected chi connectivity index (χ0v) is 57.5. The molecule has 0 bridgehead atoms. The SMILES string of the molecule is CCC(C)[C@@H]1NC(=O)[C@H](CC(C)C)N(C)C(=O)CN(C)C(=O)[C@H](CC)NC(=O)C([C@H](OC(C)=O)[C@H](C)CC=O)N(C)C(=O)[C@H](C(C)C)N(C)C(=O)[C@H](CC(C)C)N(C)C(=O)[C@H](CC(C)C)N(C)C(=O)[C@@H](C)NC(=O)[C@H](C)NC(=O)[C@H](CC(C)C)N(C)C1=O.[HH].[HH].[HH].[HH]. The van der Waals surface area contributed by atoms with Crippen LogP contribution in [0.3, 0.4) is 0 Å².